The van der Waals surface area contributed by atoms with E-state index in [2.05, 4.69) is 0 Å². The zero-order valence-corrected chi connectivity index (χ0v) is 17.7. The van der Waals surface area contributed by atoms with Crippen molar-refractivity contribution in [1.82, 2.24) is 9.80 Å². The monoisotopic (exact) mass is 444 g/mol. The van der Waals surface area contributed by atoms with Crippen molar-refractivity contribution < 1.29 is 38.0 Å². The number of hydrogen-bond acceptors (Lipinski definition) is 7. The summed E-state index contributed by atoms with van der Waals surface area (Å²) in [6, 6.07) is 2.83. The molecule has 10 heteroatoms. The first-order valence-corrected chi connectivity index (χ1v) is 10.5. The molecule has 0 saturated carbocycles. The number of nitrogens with zero attached hydrogens (tertiary/aromatic N) is 2. The van der Waals surface area contributed by atoms with Crippen LogP contribution in [0.1, 0.15) is 19.8 Å². The lowest BCUT2D eigenvalue weighted by Crippen LogP contribution is -2.55. The van der Waals surface area contributed by atoms with Crippen LogP contribution in [0.2, 0.25) is 0 Å². The lowest BCUT2D eigenvalue weighted by molar-refractivity contribution is -0.0790. The van der Waals surface area contributed by atoms with Gasteiger partial charge in [0, 0.05) is 50.9 Å². The van der Waals surface area contributed by atoms with Crippen LogP contribution in [-0.2, 0) is 9.47 Å². The summed E-state index contributed by atoms with van der Waals surface area (Å²) in [6.45, 7) is 3.92. The topological polar surface area (TPSA) is 91.7 Å². The molecule has 2 saturated heterocycles. The highest BCUT2D eigenvalue weighted by Gasteiger charge is 2.40. The maximum atomic E-state index is 13.4. The van der Waals surface area contributed by atoms with Crippen molar-refractivity contribution in [3.8, 4) is 5.75 Å². The second kappa shape index (κ2) is 10.1. The molecular formula is C21H30F2N2O6. The van der Waals surface area contributed by atoms with E-state index >= 15 is 0 Å². The molecule has 0 unspecified atom stereocenters. The van der Waals surface area contributed by atoms with E-state index in [0.717, 1.165) is 18.2 Å². The molecule has 8 nitrogen and oxygen atoms in total. The van der Waals surface area contributed by atoms with Gasteiger partial charge in [-0.05, 0) is 19.8 Å². The van der Waals surface area contributed by atoms with Crippen LogP contribution in [0.15, 0.2) is 18.2 Å². The first-order chi connectivity index (χ1) is 14.7. The van der Waals surface area contributed by atoms with E-state index in [9.17, 15) is 23.8 Å². The minimum absolute atomic E-state index is 0.00361. The molecule has 2 N–H and O–H groups in total. The molecule has 2 aliphatic rings. The van der Waals surface area contributed by atoms with E-state index < -0.39 is 22.8 Å². The van der Waals surface area contributed by atoms with Gasteiger partial charge in [-0.2, -0.15) is 0 Å². The molecule has 2 fully saturated rings. The average molecular weight is 444 g/mol. The first kappa shape index (κ1) is 23.6. The molecule has 1 atom stereocenters. The average Bonchev–Trinajstić information content (AvgIpc) is 2.87. The molecule has 1 aromatic carbocycles. The van der Waals surface area contributed by atoms with Crippen LogP contribution < -0.4 is 4.74 Å². The predicted octanol–water partition coefficient (Wildman–Crippen LogP) is 1.39. The Kier molecular flexibility index (Phi) is 7.68. The Bertz CT molecular complexity index is 739. The van der Waals surface area contributed by atoms with Crippen molar-refractivity contribution in [2.45, 2.75) is 31.0 Å². The summed E-state index contributed by atoms with van der Waals surface area (Å²) < 4.78 is 42.7. The van der Waals surface area contributed by atoms with E-state index in [4.69, 9.17) is 14.2 Å². The number of carbonyl (C=O) groups excluding carboxylic acids is 1. The Labute approximate surface area is 180 Å². The van der Waals surface area contributed by atoms with Crippen molar-refractivity contribution in [3.63, 3.8) is 0 Å². The Morgan fingerprint density at radius 1 is 1.13 bits per heavy atom. The SMILES string of the molecule is CCOC(=O)N1CCC(O)(CN2CCOC[C@](O)(COc3cc(F)cc(F)c3)C2)CC1. The second-order valence-electron chi connectivity index (χ2n) is 8.29. The summed E-state index contributed by atoms with van der Waals surface area (Å²) in [7, 11) is 0. The number of ether oxygens (including phenoxy) is 3. The third-order valence-corrected chi connectivity index (χ3v) is 5.52. The molecule has 1 aromatic rings. The molecule has 0 bridgehead atoms. The molecule has 3 rings (SSSR count). The van der Waals surface area contributed by atoms with Crippen molar-refractivity contribution in [1.29, 1.82) is 0 Å². The number of hydrogen-bond donors (Lipinski definition) is 2. The van der Waals surface area contributed by atoms with E-state index in [1.54, 1.807) is 11.8 Å². The standard InChI is InChI=1S/C21H30F2N2O6/c1-2-30-19(26)25-5-3-20(27,4-6-25)12-24-7-8-29-14-21(28,13-24)15-31-18-10-16(22)9-17(23)11-18/h9-11,27-28H,2-8,12-15H2,1H3/t21-/m0/s1. The third kappa shape index (κ3) is 6.73. The number of aliphatic hydroxyl groups is 2. The summed E-state index contributed by atoms with van der Waals surface area (Å²) in [5, 5.41) is 22.0. The minimum atomic E-state index is -1.42. The van der Waals surface area contributed by atoms with E-state index in [-0.39, 0.29) is 31.6 Å². The van der Waals surface area contributed by atoms with Crippen molar-refractivity contribution in [3.05, 3.63) is 29.8 Å². The second-order valence-corrected chi connectivity index (χ2v) is 8.29. The number of likely N-dealkylation sites (tertiary alicyclic amines) is 1. The molecule has 2 aliphatic heterocycles. The molecule has 174 valence electrons. The van der Waals surface area contributed by atoms with Crippen molar-refractivity contribution in [2.24, 2.45) is 0 Å². The minimum Gasteiger partial charge on any atom is -0.490 e. The Balaban J connectivity index is 1.56. The summed E-state index contributed by atoms with van der Waals surface area (Å²) in [5.74, 6) is -1.55. The van der Waals surface area contributed by atoms with Gasteiger partial charge in [-0.15, -0.1) is 0 Å². The quantitative estimate of drug-likeness (QED) is 0.685. The lowest BCUT2D eigenvalue weighted by Gasteiger charge is -2.41. The van der Waals surface area contributed by atoms with Gasteiger partial charge in [0.1, 0.15) is 29.6 Å². The Hall–Kier alpha value is -2.01. The van der Waals surface area contributed by atoms with E-state index in [0.29, 0.717) is 52.2 Å². The van der Waals surface area contributed by atoms with Crippen LogP contribution in [-0.4, -0.2) is 96.5 Å². The van der Waals surface area contributed by atoms with Crippen LogP contribution in [0.25, 0.3) is 0 Å². The highest BCUT2D eigenvalue weighted by atomic mass is 19.1. The number of halogens is 2. The molecule has 0 aromatic heterocycles. The van der Waals surface area contributed by atoms with Gasteiger partial charge < -0.3 is 29.3 Å². The van der Waals surface area contributed by atoms with E-state index in [1.165, 1.54) is 0 Å². The fraction of sp³-hybridized carbons (Fsp3) is 0.667. The van der Waals surface area contributed by atoms with Crippen LogP contribution >= 0.6 is 0 Å². The number of amides is 1. The Morgan fingerprint density at radius 2 is 1.81 bits per heavy atom. The van der Waals surface area contributed by atoms with E-state index in [1.807, 2.05) is 4.90 Å². The fourth-order valence-electron chi connectivity index (χ4n) is 3.94. The predicted molar refractivity (Wildman–Crippen MR) is 107 cm³/mol. The molecule has 31 heavy (non-hydrogen) atoms. The third-order valence-electron chi connectivity index (χ3n) is 5.52. The molecule has 0 spiro atoms. The summed E-state index contributed by atoms with van der Waals surface area (Å²) >= 11 is 0. The smallest absolute Gasteiger partial charge is 0.409 e. The highest BCUT2D eigenvalue weighted by Crippen LogP contribution is 2.26. The van der Waals surface area contributed by atoms with Crippen LogP contribution in [0.3, 0.4) is 0 Å². The van der Waals surface area contributed by atoms with Gasteiger partial charge in [-0.25, -0.2) is 13.6 Å². The number of rotatable bonds is 6. The summed E-state index contributed by atoms with van der Waals surface area (Å²) in [4.78, 5) is 15.3. The van der Waals surface area contributed by atoms with Gasteiger partial charge in [0.15, 0.2) is 0 Å². The lowest BCUT2D eigenvalue weighted by atomic mass is 9.90. The zero-order chi connectivity index (χ0) is 22.5. The largest absolute Gasteiger partial charge is 0.490 e. The summed E-state index contributed by atoms with van der Waals surface area (Å²) in [6.07, 6.45) is 0.398. The van der Waals surface area contributed by atoms with Gasteiger partial charge >= 0.3 is 6.09 Å². The van der Waals surface area contributed by atoms with Crippen molar-refractivity contribution >= 4 is 6.09 Å². The van der Waals surface area contributed by atoms with Gasteiger partial charge in [0.2, 0.25) is 0 Å². The highest BCUT2D eigenvalue weighted by molar-refractivity contribution is 5.67. The van der Waals surface area contributed by atoms with Crippen LogP contribution in [0, 0.1) is 11.6 Å². The molecule has 0 radical (unpaired) electrons. The van der Waals surface area contributed by atoms with Crippen LogP contribution in [0.5, 0.6) is 5.75 Å². The van der Waals surface area contributed by atoms with Gasteiger partial charge in [-0.1, -0.05) is 0 Å². The molecular weight excluding hydrogens is 414 g/mol. The number of carbonyl (C=O) groups is 1. The summed E-state index contributed by atoms with van der Waals surface area (Å²) in [5.41, 5.74) is -2.43. The number of piperidine rings is 1. The number of benzene rings is 1. The first-order valence-electron chi connectivity index (χ1n) is 10.5. The van der Waals surface area contributed by atoms with Gasteiger partial charge in [-0.3, -0.25) is 4.90 Å². The maximum absolute atomic E-state index is 13.4. The van der Waals surface area contributed by atoms with Crippen molar-refractivity contribution in [2.75, 3.05) is 59.2 Å². The van der Waals surface area contributed by atoms with Gasteiger partial charge in [0.25, 0.3) is 0 Å². The fourth-order valence-corrected chi connectivity index (χ4v) is 3.94. The number of β-amino-alcohol motifs (C(OH)–C–C–N with tert-alkyl or cyclic N) is 2. The normalized spacial score (nSPS) is 24.5. The molecule has 0 aliphatic carbocycles. The van der Waals surface area contributed by atoms with Gasteiger partial charge in [0.05, 0.1) is 25.4 Å². The zero-order valence-electron chi connectivity index (χ0n) is 17.7. The maximum Gasteiger partial charge on any atom is 0.409 e. The molecule has 1 amide bonds. The molecule has 2 heterocycles. The Morgan fingerprint density at radius 3 is 2.45 bits per heavy atom. The van der Waals surface area contributed by atoms with Crippen LogP contribution in [0.4, 0.5) is 13.6 Å².